The Hall–Kier alpha value is -2.61. The van der Waals surface area contributed by atoms with Crippen LogP contribution in [0.3, 0.4) is 0 Å². The number of benzene rings is 2. The fraction of sp³-hybridized carbons (Fsp3) is 0.400. The largest absolute Gasteiger partial charge is 0.437 e. The minimum Gasteiger partial charge on any atom is -0.224 e. The number of aromatic nitrogens is 2. The number of sulfone groups is 1. The van der Waals surface area contributed by atoms with Crippen LogP contribution in [-0.4, -0.2) is 19.4 Å². The normalized spacial score (nSPS) is 15.7. The molecule has 1 saturated carbocycles. The van der Waals surface area contributed by atoms with E-state index >= 15 is 0 Å². The Bertz CT molecular complexity index is 1240. The Morgan fingerprint density at radius 1 is 0.939 bits per heavy atom. The van der Waals surface area contributed by atoms with E-state index in [1.54, 1.807) is 35.0 Å². The van der Waals surface area contributed by atoms with Crippen molar-refractivity contribution in [3.63, 3.8) is 0 Å². The van der Waals surface area contributed by atoms with Crippen LogP contribution in [0, 0.1) is 5.92 Å². The molecule has 0 saturated heterocycles. The molecule has 1 aliphatic rings. The van der Waals surface area contributed by atoms with E-state index in [-0.39, 0.29) is 4.90 Å². The molecule has 0 radical (unpaired) electrons. The summed E-state index contributed by atoms with van der Waals surface area (Å²) in [4.78, 5) is 0.229. The van der Waals surface area contributed by atoms with Crippen LogP contribution in [0.1, 0.15) is 37.8 Å². The third-order valence-corrected chi connectivity index (χ3v) is 7.60. The van der Waals surface area contributed by atoms with Crippen LogP contribution >= 0.6 is 0 Å². The van der Waals surface area contributed by atoms with Gasteiger partial charge in [0, 0.05) is 23.8 Å². The number of nitrogens with zero attached hydrogens (tertiary/aromatic N) is 2. The van der Waals surface area contributed by atoms with Gasteiger partial charge in [0.2, 0.25) is 5.69 Å². The van der Waals surface area contributed by atoms with Crippen LogP contribution in [0.25, 0.3) is 22.4 Å². The second-order valence-electron chi connectivity index (χ2n) is 8.90. The highest BCUT2D eigenvalue weighted by atomic mass is 32.2. The van der Waals surface area contributed by atoms with Gasteiger partial charge in [-0.15, -0.1) is 4.68 Å². The maximum Gasteiger partial charge on any atom is 0.437 e. The average Bonchev–Trinajstić information content (AvgIpc) is 3.11. The van der Waals surface area contributed by atoms with Crippen molar-refractivity contribution >= 4 is 9.84 Å². The van der Waals surface area contributed by atoms with Crippen molar-refractivity contribution in [3.05, 3.63) is 60.3 Å². The zero-order chi connectivity index (χ0) is 23.8. The molecular formula is C25H28F3N2O2S+. The molecule has 4 rings (SSSR count). The van der Waals surface area contributed by atoms with Gasteiger partial charge in [-0.25, -0.2) is 8.42 Å². The summed E-state index contributed by atoms with van der Waals surface area (Å²) in [6.07, 6.45) is 2.23. The molecule has 1 heterocycles. The van der Waals surface area contributed by atoms with Gasteiger partial charge >= 0.3 is 6.18 Å². The summed E-state index contributed by atoms with van der Waals surface area (Å²) in [7, 11) is -1.86. The Morgan fingerprint density at radius 3 is 2.18 bits per heavy atom. The molecule has 1 aromatic heterocycles. The molecular weight excluding hydrogens is 449 g/mol. The number of alkyl halides is 3. The van der Waals surface area contributed by atoms with Gasteiger partial charge in [0.15, 0.2) is 22.1 Å². The van der Waals surface area contributed by atoms with Gasteiger partial charge in [-0.05, 0) is 48.2 Å². The Kier molecular flexibility index (Phi) is 6.40. The summed E-state index contributed by atoms with van der Waals surface area (Å²) in [6.45, 7) is 0.556. The first kappa shape index (κ1) is 23.5. The van der Waals surface area contributed by atoms with E-state index < -0.39 is 21.7 Å². The number of hydrogen-bond donors (Lipinski definition) is 0. The predicted octanol–water partition coefficient (Wildman–Crippen LogP) is 5.65. The van der Waals surface area contributed by atoms with Gasteiger partial charge in [0.25, 0.3) is 0 Å². The van der Waals surface area contributed by atoms with Gasteiger partial charge in [-0.2, -0.15) is 17.9 Å². The first-order chi connectivity index (χ1) is 15.5. The number of hydrogen-bond acceptors (Lipinski definition) is 2. The molecule has 8 heteroatoms. The molecule has 0 unspecified atom stereocenters. The van der Waals surface area contributed by atoms with Crippen molar-refractivity contribution in [2.45, 2.75) is 49.7 Å². The highest BCUT2D eigenvalue weighted by Gasteiger charge is 2.40. The van der Waals surface area contributed by atoms with E-state index in [4.69, 9.17) is 0 Å². The maximum absolute atomic E-state index is 13.7. The molecule has 0 bridgehead atoms. The highest BCUT2D eigenvalue weighted by Crippen LogP contribution is 2.33. The standard InChI is InChI=1S/C25H28F3N2O2S/c1-29-24(25(26,27)28)16-23(30(29)17-18-7-4-3-5-8-18)20-13-11-19(12-14-20)21-9-6-10-22(15-21)33(2,31)32/h6,9-16,18H,3-5,7-8,17H2,1-2H3/q+1. The van der Waals surface area contributed by atoms with Crippen LogP contribution < -0.4 is 4.68 Å². The fourth-order valence-corrected chi connectivity index (χ4v) is 5.33. The topological polar surface area (TPSA) is 43.0 Å². The van der Waals surface area contributed by atoms with Crippen molar-refractivity contribution < 1.29 is 26.3 Å². The van der Waals surface area contributed by atoms with E-state index in [0.717, 1.165) is 43.1 Å². The van der Waals surface area contributed by atoms with Crippen LogP contribution in [0.5, 0.6) is 0 Å². The van der Waals surface area contributed by atoms with E-state index in [9.17, 15) is 21.6 Å². The third kappa shape index (κ3) is 5.16. The van der Waals surface area contributed by atoms with Gasteiger partial charge in [0.05, 0.1) is 11.9 Å². The molecule has 4 nitrogen and oxygen atoms in total. The minimum atomic E-state index is -4.44. The van der Waals surface area contributed by atoms with Crippen LogP contribution in [0.2, 0.25) is 0 Å². The molecule has 33 heavy (non-hydrogen) atoms. The first-order valence-corrected chi connectivity index (χ1v) is 13.0. The smallest absolute Gasteiger partial charge is 0.224 e. The molecule has 0 N–H and O–H groups in total. The fourth-order valence-electron chi connectivity index (χ4n) is 4.66. The monoisotopic (exact) mass is 477 g/mol. The van der Waals surface area contributed by atoms with Crippen molar-refractivity contribution in [1.82, 2.24) is 4.68 Å². The van der Waals surface area contributed by atoms with Gasteiger partial charge in [-0.1, -0.05) is 43.5 Å². The Labute approximate surface area is 192 Å². The third-order valence-electron chi connectivity index (χ3n) is 6.48. The predicted molar refractivity (Wildman–Crippen MR) is 121 cm³/mol. The van der Waals surface area contributed by atoms with Crippen molar-refractivity contribution in [3.8, 4) is 22.4 Å². The van der Waals surface area contributed by atoms with Crippen LogP contribution in [0.15, 0.2) is 59.5 Å². The molecule has 0 atom stereocenters. The first-order valence-electron chi connectivity index (χ1n) is 11.1. The molecule has 1 aliphatic carbocycles. The average molecular weight is 478 g/mol. The summed E-state index contributed by atoms with van der Waals surface area (Å²) in [5.74, 6) is 0.371. The lowest BCUT2D eigenvalue weighted by molar-refractivity contribution is -0.770. The lowest BCUT2D eigenvalue weighted by atomic mass is 9.89. The minimum absolute atomic E-state index is 0.229. The Balaban J connectivity index is 1.71. The van der Waals surface area contributed by atoms with Crippen molar-refractivity contribution in [2.24, 2.45) is 13.0 Å². The van der Waals surface area contributed by atoms with Crippen LogP contribution in [-0.2, 0) is 29.6 Å². The summed E-state index contributed by atoms with van der Waals surface area (Å²) in [6, 6.07) is 15.1. The van der Waals surface area contributed by atoms with E-state index in [1.165, 1.54) is 24.2 Å². The summed E-state index contributed by atoms with van der Waals surface area (Å²) < 4.78 is 67.7. The zero-order valence-electron chi connectivity index (χ0n) is 18.8. The summed E-state index contributed by atoms with van der Waals surface area (Å²) in [5, 5.41) is 0. The van der Waals surface area contributed by atoms with Gasteiger partial charge in [-0.3, -0.25) is 0 Å². The molecule has 3 aromatic rings. The van der Waals surface area contributed by atoms with Crippen molar-refractivity contribution in [2.75, 3.05) is 6.26 Å². The summed E-state index contributed by atoms with van der Waals surface area (Å²) in [5.41, 5.74) is 2.10. The van der Waals surface area contributed by atoms with E-state index in [2.05, 4.69) is 0 Å². The molecule has 1 fully saturated rings. The lowest BCUT2D eigenvalue weighted by Crippen LogP contribution is -2.47. The second kappa shape index (κ2) is 8.97. The molecule has 0 amide bonds. The SMILES string of the molecule is Cn1c(C(F)(F)F)cc(-c2ccc(-c3cccc(S(C)(=O)=O)c3)cc2)[n+]1CC1CCCCC1. The number of rotatable bonds is 5. The highest BCUT2D eigenvalue weighted by molar-refractivity contribution is 7.90. The van der Waals surface area contributed by atoms with E-state index in [1.807, 2.05) is 18.2 Å². The molecule has 2 aromatic carbocycles. The summed E-state index contributed by atoms with van der Waals surface area (Å²) >= 11 is 0. The number of halogens is 3. The van der Waals surface area contributed by atoms with E-state index in [0.29, 0.717) is 23.7 Å². The second-order valence-corrected chi connectivity index (χ2v) is 10.9. The molecule has 0 aliphatic heterocycles. The quantitative estimate of drug-likeness (QED) is 0.446. The molecule has 176 valence electrons. The van der Waals surface area contributed by atoms with Gasteiger partial charge in [0.1, 0.15) is 0 Å². The van der Waals surface area contributed by atoms with Gasteiger partial charge < -0.3 is 0 Å². The van der Waals surface area contributed by atoms with Crippen LogP contribution in [0.4, 0.5) is 13.2 Å². The molecule has 0 spiro atoms. The lowest BCUT2D eigenvalue weighted by Gasteiger charge is -2.19. The zero-order valence-corrected chi connectivity index (χ0v) is 19.6. The van der Waals surface area contributed by atoms with Crippen molar-refractivity contribution in [1.29, 1.82) is 0 Å². The maximum atomic E-state index is 13.7. The Morgan fingerprint density at radius 2 is 1.58 bits per heavy atom.